The summed E-state index contributed by atoms with van der Waals surface area (Å²) in [7, 11) is 0. The standard InChI is InChI=1S/C18H27N3O2.ClH/c1-4-18(2,3)21-16(22)13-8-10-14(11-9-13)20-17(23)15-7-5-6-12-19-15;/h8-11,15,19H,4-7,12H2,1-3H3,(H,20,23)(H,21,22);1H. The van der Waals surface area contributed by atoms with Gasteiger partial charge in [-0.2, -0.15) is 0 Å². The van der Waals surface area contributed by atoms with E-state index < -0.39 is 0 Å². The van der Waals surface area contributed by atoms with Gasteiger partial charge in [0.05, 0.1) is 6.04 Å². The first kappa shape index (κ1) is 20.5. The summed E-state index contributed by atoms with van der Waals surface area (Å²) >= 11 is 0. The Morgan fingerprint density at radius 2 is 1.88 bits per heavy atom. The van der Waals surface area contributed by atoms with E-state index in [0.717, 1.165) is 32.2 Å². The number of benzene rings is 1. The van der Waals surface area contributed by atoms with Gasteiger partial charge in [0.25, 0.3) is 5.91 Å². The fourth-order valence-electron chi connectivity index (χ4n) is 2.48. The van der Waals surface area contributed by atoms with E-state index >= 15 is 0 Å². The highest BCUT2D eigenvalue weighted by Crippen LogP contribution is 2.14. The predicted molar refractivity (Wildman–Crippen MR) is 99.8 cm³/mol. The zero-order valence-corrected chi connectivity index (χ0v) is 15.5. The summed E-state index contributed by atoms with van der Waals surface area (Å²) in [6, 6.07) is 6.91. The van der Waals surface area contributed by atoms with Gasteiger partial charge in [-0.25, -0.2) is 0 Å². The molecular formula is C18H28ClN3O2. The first-order valence-electron chi connectivity index (χ1n) is 8.38. The van der Waals surface area contributed by atoms with Crippen LogP contribution in [0.25, 0.3) is 0 Å². The summed E-state index contributed by atoms with van der Waals surface area (Å²) in [5.74, 6) is -0.0994. The second-order valence-electron chi connectivity index (χ2n) is 6.76. The van der Waals surface area contributed by atoms with Crippen LogP contribution < -0.4 is 16.0 Å². The molecule has 1 heterocycles. The normalized spacial score (nSPS) is 17.5. The molecule has 2 rings (SSSR count). The van der Waals surface area contributed by atoms with Crippen molar-refractivity contribution in [2.24, 2.45) is 0 Å². The molecule has 2 amide bonds. The van der Waals surface area contributed by atoms with Crippen molar-refractivity contribution >= 4 is 29.9 Å². The second-order valence-corrected chi connectivity index (χ2v) is 6.76. The zero-order valence-electron chi connectivity index (χ0n) is 14.6. The number of carbonyl (C=O) groups is 2. The van der Waals surface area contributed by atoms with Crippen LogP contribution in [0.4, 0.5) is 5.69 Å². The summed E-state index contributed by atoms with van der Waals surface area (Å²) in [4.78, 5) is 24.4. The molecule has 3 N–H and O–H groups in total. The molecular weight excluding hydrogens is 326 g/mol. The number of nitrogens with one attached hydrogen (secondary N) is 3. The molecule has 0 aliphatic carbocycles. The van der Waals surface area contributed by atoms with Gasteiger partial charge in [0, 0.05) is 16.8 Å². The topological polar surface area (TPSA) is 70.2 Å². The quantitative estimate of drug-likeness (QED) is 0.761. The lowest BCUT2D eigenvalue weighted by molar-refractivity contribution is -0.118. The highest BCUT2D eigenvalue weighted by molar-refractivity contribution is 5.97. The number of piperidine rings is 1. The molecule has 1 aliphatic rings. The maximum atomic E-state index is 12.2. The van der Waals surface area contributed by atoms with Gasteiger partial charge in [-0.05, 0) is 63.9 Å². The van der Waals surface area contributed by atoms with Gasteiger partial charge in [-0.1, -0.05) is 13.3 Å². The number of hydrogen-bond donors (Lipinski definition) is 3. The monoisotopic (exact) mass is 353 g/mol. The average Bonchev–Trinajstić information content (AvgIpc) is 2.56. The Morgan fingerprint density at radius 1 is 1.21 bits per heavy atom. The highest BCUT2D eigenvalue weighted by Gasteiger charge is 2.21. The molecule has 1 unspecified atom stereocenters. The van der Waals surface area contributed by atoms with Crippen LogP contribution >= 0.6 is 12.4 Å². The van der Waals surface area contributed by atoms with Crippen LogP contribution in [0.15, 0.2) is 24.3 Å². The minimum atomic E-state index is -0.226. The van der Waals surface area contributed by atoms with Crippen LogP contribution in [0.3, 0.4) is 0 Å². The van der Waals surface area contributed by atoms with Gasteiger partial charge in [-0.3, -0.25) is 9.59 Å². The Balaban J connectivity index is 0.00000288. The van der Waals surface area contributed by atoms with Crippen molar-refractivity contribution in [3.63, 3.8) is 0 Å². The van der Waals surface area contributed by atoms with Crippen molar-refractivity contribution in [1.82, 2.24) is 10.6 Å². The van der Waals surface area contributed by atoms with Crippen molar-refractivity contribution in [3.05, 3.63) is 29.8 Å². The van der Waals surface area contributed by atoms with Crippen molar-refractivity contribution in [2.75, 3.05) is 11.9 Å². The minimum absolute atomic E-state index is 0. The van der Waals surface area contributed by atoms with Crippen molar-refractivity contribution < 1.29 is 9.59 Å². The van der Waals surface area contributed by atoms with Gasteiger partial charge in [0.15, 0.2) is 0 Å². The SMILES string of the molecule is CCC(C)(C)NC(=O)c1ccc(NC(=O)C2CCCCN2)cc1.Cl. The molecule has 1 fully saturated rings. The summed E-state index contributed by atoms with van der Waals surface area (Å²) in [5.41, 5.74) is 1.09. The van der Waals surface area contributed by atoms with E-state index in [9.17, 15) is 9.59 Å². The highest BCUT2D eigenvalue weighted by atomic mass is 35.5. The number of anilines is 1. The Kier molecular flexibility index (Phi) is 7.70. The molecule has 1 saturated heterocycles. The first-order valence-corrected chi connectivity index (χ1v) is 8.38. The molecule has 1 aliphatic heterocycles. The smallest absolute Gasteiger partial charge is 0.251 e. The fourth-order valence-corrected chi connectivity index (χ4v) is 2.48. The third-order valence-corrected chi connectivity index (χ3v) is 4.38. The Hall–Kier alpha value is -1.59. The number of halogens is 1. The number of rotatable bonds is 5. The van der Waals surface area contributed by atoms with Crippen molar-refractivity contribution in [3.8, 4) is 0 Å². The van der Waals surface area contributed by atoms with E-state index in [0.29, 0.717) is 11.3 Å². The van der Waals surface area contributed by atoms with Crippen LogP contribution in [0.2, 0.25) is 0 Å². The third-order valence-electron chi connectivity index (χ3n) is 4.38. The largest absolute Gasteiger partial charge is 0.347 e. The molecule has 0 bridgehead atoms. The molecule has 5 nitrogen and oxygen atoms in total. The van der Waals surface area contributed by atoms with Crippen LogP contribution in [0.5, 0.6) is 0 Å². The van der Waals surface area contributed by atoms with Gasteiger partial charge in [0.2, 0.25) is 5.91 Å². The van der Waals surface area contributed by atoms with Crippen LogP contribution in [0.1, 0.15) is 56.8 Å². The summed E-state index contributed by atoms with van der Waals surface area (Å²) in [5, 5.41) is 9.13. The molecule has 0 aromatic heterocycles. The number of hydrogen-bond acceptors (Lipinski definition) is 3. The third kappa shape index (κ3) is 5.80. The Morgan fingerprint density at radius 3 is 2.42 bits per heavy atom. The van der Waals surface area contributed by atoms with Gasteiger partial charge in [-0.15, -0.1) is 12.4 Å². The lowest BCUT2D eigenvalue weighted by Gasteiger charge is -2.24. The molecule has 1 aromatic rings. The van der Waals surface area contributed by atoms with E-state index in [-0.39, 0.29) is 35.8 Å². The maximum absolute atomic E-state index is 12.2. The predicted octanol–water partition coefficient (Wildman–Crippen LogP) is 3.11. The van der Waals surface area contributed by atoms with Crippen LogP contribution in [-0.4, -0.2) is 29.9 Å². The molecule has 0 saturated carbocycles. The lowest BCUT2D eigenvalue weighted by atomic mass is 10.0. The molecule has 0 radical (unpaired) electrons. The molecule has 24 heavy (non-hydrogen) atoms. The van der Waals surface area contributed by atoms with Gasteiger partial charge < -0.3 is 16.0 Å². The van der Waals surface area contributed by atoms with E-state index in [1.807, 2.05) is 20.8 Å². The van der Waals surface area contributed by atoms with Crippen LogP contribution in [-0.2, 0) is 4.79 Å². The Labute approximate surface area is 150 Å². The van der Waals surface area contributed by atoms with Gasteiger partial charge >= 0.3 is 0 Å². The van der Waals surface area contributed by atoms with E-state index in [1.165, 1.54) is 0 Å². The number of amides is 2. The zero-order chi connectivity index (χ0) is 16.9. The van der Waals surface area contributed by atoms with E-state index in [2.05, 4.69) is 16.0 Å². The number of carbonyl (C=O) groups excluding carboxylic acids is 2. The fraction of sp³-hybridized carbons (Fsp3) is 0.556. The summed E-state index contributed by atoms with van der Waals surface area (Å²) < 4.78 is 0. The minimum Gasteiger partial charge on any atom is -0.347 e. The molecule has 6 heteroatoms. The molecule has 1 atom stereocenters. The van der Waals surface area contributed by atoms with Crippen molar-refractivity contribution in [1.29, 1.82) is 0 Å². The molecule has 1 aromatic carbocycles. The second kappa shape index (κ2) is 9.04. The average molecular weight is 354 g/mol. The van der Waals surface area contributed by atoms with E-state index in [1.54, 1.807) is 24.3 Å². The molecule has 134 valence electrons. The van der Waals surface area contributed by atoms with Crippen LogP contribution in [0, 0.1) is 0 Å². The lowest BCUT2D eigenvalue weighted by Crippen LogP contribution is -2.43. The summed E-state index contributed by atoms with van der Waals surface area (Å²) in [6.07, 6.45) is 3.94. The summed E-state index contributed by atoms with van der Waals surface area (Å²) in [6.45, 7) is 6.93. The Bertz CT molecular complexity index is 552. The van der Waals surface area contributed by atoms with E-state index in [4.69, 9.17) is 0 Å². The molecule has 0 spiro atoms. The maximum Gasteiger partial charge on any atom is 0.251 e. The first-order chi connectivity index (χ1) is 10.9. The van der Waals surface area contributed by atoms with Crippen molar-refractivity contribution in [2.45, 2.75) is 58.0 Å². The van der Waals surface area contributed by atoms with Gasteiger partial charge in [0.1, 0.15) is 0 Å².